The van der Waals surface area contributed by atoms with Gasteiger partial charge < -0.3 is 15.0 Å². The molecular formula is C13H27ClN2O2. The first-order valence-electron chi connectivity index (χ1n) is 6.31. The van der Waals surface area contributed by atoms with Crippen LogP contribution in [0.5, 0.6) is 0 Å². The molecule has 4 nitrogen and oxygen atoms in total. The highest BCUT2D eigenvalue weighted by atomic mass is 35.5. The molecule has 108 valence electrons. The summed E-state index contributed by atoms with van der Waals surface area (Å²) in [5, 5.41) is 3.46. The third kappa shape index (κ3) is 5.44. The Morgan fingerprint density at radius 3 is 2.22 bits per heavy atom. The van der Waals surface area contributed by atoms with Crippen LogP contribution >= 0.6 is 12.4 Å². The normalized spacial score (nSPS) is 21.2. The molecule has 18 heavy (non-hydrogen) atoms. The number of rotatable bonds is 0. The molecule has 1 fully saturated rings. The molecule has 1 rings (SSSR count). The fourth-order valence-corrected chi connectivity index (χ4v) is 1.82. The maximum Gasteiger partial charge on any atom is 0.410 e. The number of nitrogens with zero attached hydrogens (tertiary/aromatic N) is 1. The molecule has 1 heterocycles. The van der Waals surface area contributed by atoms with E-state index in [9.17, 15) is 4.79 Å². The second kappa shape index (κ2) is 6.11. The van der Waals surface area contributed by atoms with Gasteiger partial charge in [-0.1, -0.05) is 20.8 Å². The third-order valence-corrected chi connectivity index (χ3v) is 2.87. The minimum Gasteiger partial charge on any atom is -0.444 e. The molecule has 0 aromatic heterocycles. The first-order valence-corrected chi connectivity index (χ1v) is 6.31. The summed E-state index contributed by atoms with van der Waals surface area (Å²) < 4.78 is 5.40. The second-order valence-electron chi connectivity index (χ2n) is 6.80. The molecule has 0 aromatic rings. The Hall–Kier alpha value is -0.480. The van der Waals surface area contributed by atoms with Crippen molar-refractivity contribution < 1.29 is 9.53 Å². The van der Waals surface area contributed by atoms with E-state index >= 15 is 0 Å². The van der Waals surface area contributed by atoms with Crippen molar-refractivity contribution in [3.8, 4) is 0 Å². The van der Waals surface area contributed by atoms with Crippen LogP contribution in [0.25, 0.3) is 0 Å². The van der Waals surface area contributed by atoms with Gasteiger partial charge in [-0.25, -0.2) is 4.79 Å². The van der Waals surface area contributed by atoms with Gasteiger partial charge in [0.15, 0.2) is 0 Å². The topological polar surface area (TPSA) is 41.6 Å². The summed E-state index contributed by atoms with van der Waals surface area (Å²) in [5.74, 6) is 0. The Kier molecular flexibility index (Phi) is 5.95. The van der Waals surface area contributed by atoms with Crippen LogP contribution in [0.3, 0.4) is 0 Å². The molecule has 0 saturated carbocycles. The zero-order chi connectivity index (χ0) is 13.3. The van der Waals surface area contributed by atoms with Gasteiger partial charge in [-0.2, -0.15) is 0 Å². The maximum absolute atomic E-state index is 12.0. The van der Waals surface area contributed by atoms with Gasteiger partial charge >= 0.3 is 6.09 Å². The van der Waals surface area contributed by atoms with Crippen LogP contribution in [0.2, 0.25) is 0 Å². The van der Waals surface area contributed by atoms with Crippen molar-refractivity contribution in [2.45, 2.75) is 53.2 Å². The van der Waals surface area contributed by atoms with Crippen molar-refractivity contribution >= 4 is 18.5 Å². The molecule has 0 bridgehead atoms. The zero-order valence-corrected chi connectivity index (χ0v) is 13.2. The molecule has 1 unspecified atom stereocenters. The van der Waals surface area contributed by atoms with Crippen molar-refractivity contribution in [3.63, 3.8) is 0 Å². The van der Waals surface area contributed by atoms with Crippen molar-refractivity contribution in [2.24, 2.45) is 5.41 Å². The Labute approximate surface area is 117 Å². The van der Waals surface area contributed by atoms with E-state index in [1.165, 1.54) is 0 Å². The van der Waals surface area contributed by atoms with Crippen LogP contribution in [0.1, 0.15) is 41.5 Å². The lowest BCUT2D eigenvalue weighted by Gasteiger charge is -2.40. The molecule has 1 amide bonds. The number of piperazine rings is 1. The highest BCUT2D eigenvalue weighted by Gasteiger charge is 2.32. The van der Waals surface area contributed by atoms with Crippen LogP contribution in [0, 0.1) is 5.41 Å². The van der Waals surface area contributed by atoms with Gasteiger partial charge in [0.25, 0.3) is 0 Å². The molecule has 0 aliphatic carbocycles. The van der Waals surface area contributed by atoms with Crippen LogP contribution in [-0.2, 0) is 4.74 Å². The lowest BCUT2D eigenvalue weighted by Crippen LogP contribution is -2.57. The third-order valence-electron chi connectivity index (χ3n) is 2.87. The molecule has 0 spiro atoms. The summed E-state index contributed by atoms with van der Waals surface area (Å²) in [6.07, 6.45) is -0.201. The summed E-state index contributed by atoms with van der Waals surface area (Å²) in [6.45, 7) is 14.5. The molecule has 1 N–H and O–H groups in total. The quantitative estimate of drug-likeness (QED) is 0.741. The number of nitrogens with one attached hydrogen (secondary N) is 1. The van der Waals surface area contributed by atoms with E-state index in [0.29, 0.717) is 6.04 Å². The average molecular weight is 279 g/mol. The van der Waals surface area contributed by atoms with Gasteiger partial charge in [-0.15, -0.1) is 12.4 Å². The predicted molar refractivity (Wildman–Crippen MR) is 76.3 cm³/mol. The molecule has 1 aliphatic rings. The van der Waals surface area contributed by atoms with Crippen LogP contribution < -0.4 is 5.32 Å². The van der Waals surface area contributed by atoms with Crippen molar-refractivity contribution in [2.75, 3.05) is 19.6 Å². The SMILES string of the molecule is CC(C)(C)OC(=O)N1CCNC(C(C)(C)C)C1.Cl. The predicted octanol–water partition coefficient (Wildman–Crippen LogP) is 2.66. The number of halogens is 1. The number of amides is 1. The Morgan fingerprint density at radius 2 is 1.78 bits per heavy atom. The van der Waals surface area contributed by atoms with E-state index in [1.54, 1.807) is 4.90 Å². The number of carbonyl (C=O) groups is 1. The van der Waals surface area contributed by atoms with E-state index in [4.69, 9.17) is 4.74 Å². The average Bonchev–Trinajstić information content (AvgIpc) is 2.14. The molecule has 5 heteroatoms. The summed E-state index contributed by atoms with van der Waals surface area (Å²) in [4.78, 5) is 13.8. The first-order chi connectivity index (χ1) is 7.59. The van der Waals surface area contributed by atoms with E-state index in [-0.39, 0.29) is 23.9 Å². The van der Waals surface area contributed by atoms with Gasteiger partial charge in [0.2, 0.25) is 0 Å². The molecule has 1 atom stereocenters. The van der Waals surface area contributed by atoms with Gasteiger partial charge in [-0.05, 0) is 26.2 Å². The lowest BCUT2D eigenvalue weighted by molar-refractivity contribution is 0.0148. The number of carbonyl (C=O) groups excluding carboxylic acids is 1. The Bertz CT molecular complexity index is 282. The molecule has 1 aliphatic heterocycles. The van der Waals surface area contributed by atoms with E-state index in [1.807, 2.05) is 20.8 Å². The Morgan fingerprint density at radius 1 is 1.22 bits per heavy atom. The number of ether oxygens (including phenoxy) is 1. The summed E-state index contributed by atoms with van der Waals surface area (Å²) in [7, 11) is 0. The van der Waals surface area contributed by atoms with E-state index in [0.717, 1.165) is 19.6 Å². The minimum absolute atomic E-state index is 0. The van der Waals surface area contributed by atoms with Crippen molar-refractivity contribution in [3.05, 3.63) is 0 Å². The lowest BCUT2D eigenvalue weighted by atomic mass is 9.85. The standard InChI is InChI=1S/C13H26N2O2.ClH/c1-12(2,3)10-9-15(8-7-14-10)11(16)17-13(4,5)6;/h10,14H,7-9H2,1-6H3;1H. The highest BCUT2D eigenvalue weighted by molar-refractivity contribution is 5.85. The number of hydrogen-bond acceptors (Lipinski definition) is 3. The fraction of sp³-hybridized carbons (Fsp3) is 0.923. The Balaban J connectivity index is 0.00000289. The zero-order valence-electron chi connectivity index (χ0n) is 12.4. The smallest absolute Gasteiger partial charge is 0.410 e. The van der Waals surface area contributed by atoms with E-state index in [2.05, 4.69) is 26.1 Å². The van der Waals surface area contributed by atoms with Crippen LogP contribution in [-0.4, -0.2) is 42.3 Å². The monoisotopic (exact) mass is 278 g/mol. The van der Waals surface area contributed by atoms with Gasteiger partial charge in [0.05, 0.1) is 0 Å². The van der Waals surface area contributed by atoms with Gasteiger partial charge in [0, 0.05) is 25.7 Å². The fourth-order valence-electron chi connectivity index (χ4n) is 1.82. The molecular weight excluding hydrogens is 252 g/mol. The van der Waals surface area contributed by atoms with Gasteiger partial charge in [-0.3, -0.25) is 0 Å². The molecule has 0 radical (unpaired) electrons. The van der Waals surface area contributed by atoms with Crippen LogP contribution in [0.15, 0.2) is 0 Å². The second-order valence-corrected chi connectivity index (χ2v) is 6.80. The van der Waals surface area contributed by atoms with E-state index < -0.39 is 5.60 Å². The largest absolute Gasteiger partial charge is 0.444 e. The highest BCUT2D eigenvalue weighted by Crippen LogP contribution is 2.22. The molecule has 1 saturated heterocycles. The maximum atomic E-state index is 12.0. The van der Waals surface area contributed by atoms with Crippen molar-refractivity contribution in [1.82, 2.24) is 10.2 Å². The summed E-state index contributed by atoms with van der Waals surface area (Å²) in [6, 6.07) is 0.323. The number of hydrogen-bond donors (Lipinski definition) is 1. The summed E-state index contributed by atoms with van der Waals surface area (Å²) >= 11 is 0. The minimum atomic E-state index is -0.417. The van der Waals surface area contributed by atoms with Crippen LogP contribution in [0.4, 0.5) is 4.79 Å². The molecule has 0 aromatic carbocycles. The summed E-state index contributed by atoms with van der Waals surface area (Å²) in [5.41, 5.74) is -0.264. The van der Waals surface area contributed by atoms with Crippen molar-refractivity contribution in [1.29, 1.82) is 0 Å². The first kappa shape index (κ1) is 17.5. The van der Waals surface area contributed by atoms with Gasteiger partial charge in [0.1, 0.15) is 5.60 Å².